The highest BCUT2D eigenvalue weighted by atomic mass is 16.2. The van der Waals surface area contributed by atoms with Gasteiger partial charge in [-0.15, -0.1) is 6.58 Å². The van der Waals surface area contributed by atoms with E-state index in [2.05, 4.69) is 6.58 Å². The smallest absolute Gasteiger partial charge is 0.224 e. The fourth-order valence-electron chi connectivity index (χ4n) is 1.50. The average molecular weight is 218 g/mol. The molecule has 0 fully saturated rings. The van der Waals surface area contributed by atoms with Crippen molar-refractivity contribution in [2.24, 2.45) is 5.73 Å². The van der Waals surface area contributed by atoms with Gasteiger partial charge in [0.25, 0.3) is 0 Å². The van der Waals surface area contributed by atoms with Crippen LogP contribution in [0.1, 0.15) is 12.0 Å². The van der Waals surface area contributed by atoms with E-state index in [1.54, 1.807) is 11.0 Å². The molecule has 0 heterocycles. The number of benzene rings is 1. The van der Waals surface area contributed by atoms with Gasteiger partial charge in [-0.2, -0.15) is 0 Å². The molecule has 0 aromatic heterocycles. The Morgan fingerprint density at radius 1 is 1.38 bits per heavy atom. The molecule has 86 valence electrons. The van der Waals surface area contributed by atoms with Gasteiger partial charge in [0, 0.05) is 26.1 Å². The monoisotopic (exact) mass is 218 g/mol. The molecule has 0 aliphatic rings. The molecule has 1 amide bonds. The highest BCUT2D eigenvalue weighted by Gasteiger charge is 2.10. The first kappa shape index (κ1) is 12.5. The van der Waals surface area contributed by atoms with Crippen molar-refractivity contribution >= 4 is 5.91 Å². The van der Waals surface area contributed by atoms with Crippen LogP contribution in [-0.2, 0) is 11.3 Å². The molecule has 3 heteroatoms. The predicted molar refractivity (Wildman–Crippen MR) is 65.7 cm³/mol. The van der Waals surface area contributed by atoms with Crippen LogP contribution in [0.15, 0.2) is 43.0 Å². The Labute approximate surface area is 96.6 Å². The zero-order valence-electron chi connectivity index (χ0n) is 9.43. The van der Waals surface area contributed by atoms with Gasteiger partial charge in [-0.3, -0.25) is 4.79 Å². The number of rotatable bonds is 6. The van der Waals surface area contributed by atoms with E-state index >= 15 is 0 Å². The van der Waals surface area contributed by atoms with E-state index in [-0.39, 0.29) is 5.91 Å². The van der Waals surface area contributed by atoms with Crippen molar-refractivity contribution in [1.29, 1.82) is 0 Å². The molecule has 0 saturated heterocycles. The van der Waals surface area contributed by atoms with Crippen LogP contribution in [0.4, 0.5) is 0 Å². The topological polar surface area (TPSA) is 46.3 Å². The molecule has 0 radical (unpaired) electrons. The number of amides is 1. The lowest BCUT2D eigenvalue weighted by atomic mass is 10.2. The maximum Gasteiger partial charge on any atom is 0.224 e. The minimum atomic E-state index is 0.0752. The molecule has 1 rings (SSSR count). The van der Waals surface area contributed by atoms with E-state index in [1.165, 1.54) is 0 Å². The molecule has 1 aromatic carbocycles. The molecule has 0 saturated carbocycles. The minimum Gasteiger partial charge on any atom is -0.335 e. The summed E-state index contributed by atoms with van der Waals surface area (Å²) in [5.74, 6) is 0.0752. The molecule has 2 N–H and O–H groups in total. The molecular weight excluding hydrogens is 200 g/mol. The number of carbonyl (C=O) groups excluding carboxylic acids is 1. The fraction of sp³-hybridized carbons (Fsp3) is 0.308. The SMILES string of the molecule is C=CCN(Cc1ccccc1)C(=O)CCN. The zero-order valence-corrected chi connectivity index (χ0v) is 9.43. The van der Waals surface area contributed by atoms with Crippen molar-refractivity contribution < 1.29 is 4.79 Å². The Morgan fingerprint density at radius 3 is 2.62 bits per heavy atom. The van der Waals surface area contributed by atoms with Crippen LogP contribution in [0.5, 0.6) is 0 Å². The van der Waals surface area contributed by atoms with Crippen molar-refractivity contribution in [3.63, 3.8) is 0 Å². The molecule has 0 atom stereocenters. The highest BCUT2D eigenvalue weighted by molar-refractivity contribution is 5.76. The average Bonchev–Trinajstić information content (AvgIpc) is 2.30. The van der Waals surface area contributed by atoms with Gasteiger partial charge in [-0.1, -0.05) is 36.4 Å². The van der Waals surface area contributed by atoms with E-state index < -0.39 is 0 Å². The second-order valence-corrected chi connectivity index (χ2v) is 3.59. The van der Waals surface area contributed by atoms with Gasteiger partial charge in [0.1, 0.15) is 0 Å². The van der Waals surface area contributed by atoms with E-state index in [4.69, 9.17) is 5.73 Å². The molecule has 0 spiro atoms. The van der Waals surface area contributed by atoms with E-state index in [0.29, 0.717) is 26.1 Å². The number of hydrogen-bond donors (Lipinski definition) is 1. The zero-order chi connectivity index (χ0) is 11.8. The maximum absolute atomic E-state index is 11.7. The summed E-state index contributed by atoms with van der Waals surface area (Å²) in [6.45, 7) is 5.23. The van der Waals surface area contributed by atoms with Gasteiger partial charge in [0.05, 0.1) is 0 Å². The standard InChI is InChI=1S/C13H18N2O/c1-2-10-15(13(16)8-9-14)11-12-6-4-3-5-7-12/h2-7H,1,8-11,14H2. The van der Waals surface area contributed by atoms with Gasteiger partial charge in [0.15, 0.2) is 0 Å². The Balaban J connectivity index is 2.64. The van der Waals surface area contributed by atoms with E-state index in [9.17, 15) is 4.79 Å². The number of hydrogen-bond acceptors (Lipinski definition) is 2. The van der Waals surface area contributed by atoms with Gasteiger partial charge in [-0.05, 0) is 5.56 Å². The first-order valence-corrected chi connectivity index (χ1v) is 5.40. The summed E-state index contributed by atoms with van der Waals surface area (Å²) in [4.78, 5) is 13.5. The fourth-order valence-corrected chi connectivity index (χ4v) is 1.50. The molecular formula is C13H18N2O. The summed E-state index contributed by atoms with van der Waals surface area (Å²) in [6, 6.07) is 9.91. The summed E-state index contributed by atoms with van der Waals surface area (Å²) >= 11 is 0. The van der Waals surface area contributed by atoms with Gasteiger partial charge < -0.3 is 10.6 Å². The molecule has 3 nitrogen and oxygen atoms in total. The summed E-state index contributed by atoms with van der Waals surface area (Å²) in [5, 5.41) is 0. The van der Waals surface area contributed by atoms with Crippen LogP contribution in [0.2, 0.25) is 0 Å². The number of carbonyl (C=O) groups is 1. The third-order valence-electron chi connectivity index (χ3n) is 2.28. The summed E-state index contributed by atoms with van der Waals surface area (Å²) in [6.07, 6.45) is 2.12. The summed E-state index contributed by atoms with van der Waals surface area (Å²) in [5.41, 5.74) is 6.50. The van der Waals surface area contributed by atoms with Crippen molar-refractivity contribution in [1.82, 2.24) is 4.90 Å². The van der Waals surface area contributed by atoms with Crippen molar-refractivity contribution in [2.45, 2.75) is 13.0 Å². The van der Waals surface area contributed by atoms with Crippen molar-refractivity contribution in [2.75, 3.05) is 13.1 Å². The van der Waals surface area contributed by atoms with Crippen LogP contribution >= 0.6 is 0 Å². The van der Waals surface area contributed by atoms with Crippen LogP contribution in [-0.4, -0.2) is 23.9 Å². The third kappa shape index (κ3) is 3.87. The van der Waals surface area contributed by atoms with Crippen LogP contribution in [0.3, 0.4) is 0 Å². The van der Waals surface area contributed by atoms with Crippen molar-refractivity contribution in [3.8, 4) is 0 Å². The maximum atomic E-state index is 11.7. The van der Waals surface area contributed by atoms with Gasteiger partial charge in [-0.25, -0.2) is 0 Å². The predicted octanol–water partition coefficient (Wildman–Crippen LogP) is 1.55. The van der Waals surface area contributed by atoms with E-state index in [1.807, 2.05) is 30.3 Å². The van der Waals surface area contributed by atoms with E-state index in [0.717, 1.165) is 5.56 Å². The lowest BCUT2D eigenvalue weighted by molar-refractivity contribution is -0.131. The van der Waals surface area contributed by atoms with Gasteiger partial charge >= 0.3 is 0 Å². The third-order valence-corrected chi connectivity index (χ3v) is 2.28. The van der Waals surface area contributed by atoms with Gasteiger partial charge in [0.2, 0.25) is 5.91 Å². The minimum absolute atomic E-state index is 0.0752. The van der Waals surface area contributed by atoms with Crippen LogP contribution < -0.4 is 5.73 Å². The summed E-state index contributed by atoms with van der Waals surface area (Å²) in [7, 11) is 0. The quantitative estimate of drug-likeness (QED) is 0.736. The Hall–Kier alpha value is -1.61. The second kappa shape index (κ2) is 6.80. The largest absolute Gasteiger partial charge is 0.335 e. The van der Waals surface area contributed by atoms with Crippen molar-refractivity contribution in [3.05, 3.63) is 48.6 Å². The molecule has 16 heavy (non-hydrogen) atoms. The first-order chi connectivity index (χ1) is 7.77. The lowest BCUT2D eigenvalue weighted by Gasteiger charge is -2.21. The molecule has 1 aromatic rings. The normalized spacial score (nSPS) is 9.81. The Morgan fingerprint density at radius 2 is 2.06 bits per heavy atom. The first-order valence-electron chi connectivity index (χ1n) is 5.40. The molecule has 0 aliphatic heterocycles. The Kier molecular flexibility index (Phi) is 5.29. The number of nitrogens with two attached hydrogens (primary N) is 1. The lowest BCUT2D eigenvalue weighted by Crippen LogP contribution is -2.32. The van der Waals surface area contributed by atoms with Crippen LogP contribution in [0, 0.1) is 0 Å². The Bertz CT molecular complexity index is 335. The second-order valence-electron chi connectivity index (χ2n) is 3.59. The molecule has 0 bridgehead atoms. The molecule has 0 aliphatic carbocycles. The van der Waals surface area contributed by atoms with Crippen LogP contribution in [0.25, 0.3) is 0 Å². The highest BCUT2D eigenvalue weighted by Crippen LogP contribution is 2.05. The summed E-state index contributed by atoms with van der Waals surface area (Å²) < 4.78 is 0. The molecule has 0 unspecified atom stereocenters. The number of nitrogens with zero attached hydrogens (tertiary/aromatic N) is 1.